The summed E-state index contributed by atoms with van der Waals surface area (Å²) in [6.45, 7) is 4.61. The van der Waals surface area contributed by atoms with Crippen LogP contribution in [0.2, 0.25) is 0 Å². The van der Waals surface area contributed by atoms with Crippen molar-refractivity contribution in [2.75, 3.05) is 11.6 Å². The molecule has 144 valence electrons. The Morgan fingerprint density at radius 2 is 1.58 bits per heavy atom. The predicted molar refractivity (Wildman–Crippen MR) is 102 cm³/mol. The van der Waals surface area contributed by atoms with Crippen molar-refractivity contribution in [1.82, 2.24) is 5.32 Å². The number of thiocarbonyl (C=S) groups is 1. The summed E-state index contributed by atoms with van der Waals surface area (Å²) in [5, 5.41) is 58.6. The molecular formula is C17H25N3O5S. The van der Waals surface area contributed by atoms with Gasteiger partial charge in [-0.05, 0) is 30.3 Å². The summed E-state index contributed by atoms with van der Waals surface area (Å²) in [5.74, 6) is 0.322. The minimum absolute atomic E-state index is 0.229. The fourth-order valence-corrected chi connectivity index (χ4v) is 2.72. The number of aliphatic hydroxyl groups is 5. The highest BCUT2D eigenvalue weighted by Gasteiger charge is 2.46. The van der Waals surface area contributed by atoms with Gasteiger partial charge < -0.3 is 30.8 Å². The molecule has 6 N–H and O–H groups in total. The Bertz CT molecular complexity index is 625. The maximum atomic E-state index is 10.2. The van der Waals surface area contributed by atoms with E-state index in [0.717, 1.165) is 0 Å². The third kappa shape index (κ3) is 4.56. The van der Waals surface area contributed by atoms with E-state index in [1.165, 1.54) is 5.01 Å². The highest BCUT2D eigenvalue weighted by molar-refractivity contribution is 7.80. The van der Waals surface area contributed by atoms with Crippen LogP contribution < -0.4 is 10.3 Å². The molecule has 0 aliphatic heterocycles. The van der Waals surface area contributed by atoms with Crippen molar-refractivity contribution in [3.63, 3.8) is 0 Å². The molecule has 26 heavy (non-hydrogen) atoms. The van der Waals surface area contributed by atoms with Crippen molar-refractivity contribution in [1.29, 1.82) is 0 Å². The minimum Gasteiger partial charge on any atom is -0.387 e. The van der Waals surface area contributed by atoms with Gasteiger partial charge >= 0.3 is 0 Å². The smallest absolute Gasteiger partial charge is 0.194 e. The Morgan fingerprint density at radius 3 is 2.08 bits per heavy atom. The maximum absolute atomic E-state index is 10.2. The quantitative estimate of drug-likeness (QED) is 0.294. The van der Waals surface area contributed by atoms with E-state index < -0.39 is 30.5 Å². The van der Waals surface area contributed by atoms with Gasteiger partial charge in [0.2, 0.25) is 0 Å². The standard InChI is InChI=1S/C17H25N3O5S/c1-9(2)8-18-17(26)20(10-6-4-3-5-7-10)19-11-12(21)14(23)16(25)15(24)13(11)22/h3-7,9,12-16,21-25H,8H2,1-2H3,(H,18,26)/b19-11-/t12-,13+,14+,15+,16-/m0/s1. The minimum atomic E-state index is -1.69. The number of anilines is 1. The second kappa shape index (κ2) is 8.85. The van der Waals surface area contributed by atoms with E-state index in [9.17, 15) is 25.5 Å². The van der Waals surface area contributed by atoms with Gasteiger partial charge in [-0.1, -0.05) is 32.0 Å². The van der Waals surface area contributed by atoms with E-state index in [0.29, 0.717) is 18.2 Å². The molecule has 1 aromatic rings. The lowest BCUT2D eigenvalue weighted by Crippen LogP contribution is -2.62. The number of rotatable bonds is 4. The first kappa shape index (κ1) is 20.7. The first-order valence-corrected chi connectivity index (χ1v) is 8.76. The average Bonchev–Trinajstić information content (AvgIpc) is 2.63. The zero-order valence-electron chi connectivity index (χ0n) is 14.6. The zero-order valence-corrected chi connectivity index (χ0v) is 15.4. The van der Waals surface area contributed by atoms with Crippen LogP contribution in [0.15, 0.2) is 35.4 Å². The van der Waals surface area contributed by atoms with Crippen LogP contribution >= 0.6 is 12.2 Å². The van der Waals surface area contributed by atoms with Gasteiger partial charge in [-0.15, -0.1) is 0 Å². The lowest BCUT2D eigenvalue weighted by atomic mass is 9.85. The monoisotopic (exact) mass is 383 g/mol. The number of para-hydroxylation sites is 1. The molecule has 0 saturated heterocycles. The van der Waals surface area contributed by atoms with Crippen molar-refractivity contribution >= 4 is 28.7 Å². The van der Waals surface area contributed by atoms with Crippen LogP contribution in [0.1, 0.15) is 13.8 Å². The number of nitrogens with one attached hydrogen (secondary N) is 1. The van der Waals surface area contributed by atoms with Gasteiger partial charge in [-0.2, -0.15) is 5.10 Å². The summed E-state index contributed by atoms with van der Waals surface area (Å²) in [7, 11) is 0. The number of hydrazone groups is 1. The third-order valence-electron chi connectivity index (χ3n) is 4.02. The van der Waals surface area contributed by atoms with Gasteiger partial charge in [0.25, 0.3) is 0 Å². The first-order chi connectivity index (χ1) is 12.2. The van der Waals surface area contributed by atoms with Crippen LogP contribution in [0.5, 0.6) is 0 Å². The molecular weight excluding hydrogens is 358 g/mol. The molecule has 0 radical (unpaired) electrons. The van der Waals surface area contributed by atoms with E-state index in [-0.39, 0.29) is 10.8 Å². The first-order valence-electron chi connectivity index (χ1n) is 8.35. The Hall–Kier alpha value is -1.62. The zero-order chi connectivity index (χ0) is 19.4. The molecule has 0 amide bonds. The van der Waals surface area contributed by atoms with Crippen LogP contribution in [-0.2, 0) is 0 Å². The number of nitrogens with zero attached hydrogens (tertiary/aromatic N) is 2. The molecule has 8 nitrogen and oxygen atoms in total. The molecule has 0 unspecified atom stereocenters. The molecule has 2 rings (SSSR count). The van der Waals surface area contributed by atoms with Crippen molar-refractivity contribution in [3.05, 3.63) is 30.3 Å². The lowest BCUT2D eigenvalue weighted by molar-refractivity contribution is -0.130. The average molecular weight is 383 g/mol. The van der Waals surface area contributed by atoms with E-state index >= 15 is 0 Å². The van der Waals surface area contributed by atoms with Crippen LogP contribution in [0, 0.1) is 5.92 Å². The van der Waals surface area contributed by atoms with Crippen LogP contribution in [-0.4, -0.2) is 73.4 Å². The highest BCUT2D eigenvalue weighted by atomic mass is 32.1. The van der Waals surface area contributed by atoms with Gasteiger partial charge in [0.05, 0.1) is 5.69 Å². The van der Waals surface area contributed by atoms with Gasteiger partial charge in [0.15, 0.2) is 5.11 Å². The molecule has 0 heterocycles. The largest absolute Gasteiger partial charge is 0.387 e. The van der Waals surface area contributed by atoms with Crippen molar-refractivity contribution in [2.24, 2.45) is 11.0 Å². The van der Waals surface area contributed by atoms with Gasteiger partial charge in [0, 0.05) is 6.54 Å². The molecule has 9 heteroatoms. The SMILES string of the molecule is CC(C)CNC(=S)N(/N=C1\[C@@H](O)[C@@H](O)[C@@H](O)[C@H](O)[C@H]1O)c1ccccc1. The summed E-state index contributed by atoms with van der Waals surface area (Å²) < 4.78 is 0. The van der Waals surface area contributed by atoms with Gasteiger partial charge in [0.1, 0.15) is 36.2 Å². The number of aliphatic hydroxyl groups excluding tert-OH is 5. The Morgan fingerprint density at radius 1 is 1.04 bits per heavy atom. The number of benzene rings is 1. The van der Waals surface area contributed by atoms with Crippen molar-refractivity contribution in [3.8, 4) is 0 Å². The van der Waals surface area contributed by atoms with Crippen LogP contribution in [0.25, 0.3) is 0 Å². The second-order valence-electron chi connectivity index (χ2n) is 6.61. The van der Waals surface area contributed by atoms with Crippen molar-refractivity contribution in [2.45, 2.75) is 44.4 Å². The summed E-state index contributed by atoms with van der Waals surface area (Å²) in [6.07, 6.45) is -8.34. The van der Waals surface area contributed by atoms with Gasteiger partial charge in [-0.25, -0.2) is 5.01 Å². The van der Waals surface area contributed by atoms with E-state index in [1.54, 1.807) is 24.3 Å². The molecule has 5 atom stereocenters. The molecule has 0 bridgehead atoms. The second-order valence-corrected chi connectivity index (χ2v) is 7.00. The Balaban J connectivity index is 2.38. The molecule has 1 aromatic carbocycles. The van der Waals surface area contributed by atoms with Crippen LogP contribution in [0.3, 0.4) is 0 Å². The van der Waals surface area contributed by atoms with Crippen molar-refractivity contribution < 1.29 is 25.5 Å². The molecule has 1 fully saturated rings. The third-order valence-corrected chi connectivity index (χ3v) is 4.34. The fraction of sp³-hybridized carbons (Fsp3) is 0.529. The van der Waals surface area contributed by atoms with E-state index in [1.807, 2.05) is 19.9 Å². The lowest BCUT2D eigenvalue weighted by Gasteiger charge is -2.37. The molecule has 0 aromatic heterocycles. The molecule has 1 saturated carbocycles. The highest BCUT2D eigenvalue weighted by Crippen LogP contribution is 2.22. The van der Waals surface area contributed by atoms with E-state index in [4.69, 9.17) is 12.2 Å². The summed E-state index contributed by atoms with van der Waals surface area (Å²) in [6, 6.07) is 8.82. The van der Waals surface area contributed by atoms with E-state index in [2.05, 4.69) is 10.4 Å². The maximum Gasteiger partial charge on any atom is 0.194 e. The topological polar surface area (TPSA) is 129 Å². The molecule has 1 aliphatic rings. The summed E-state index contributed by atoms with van der Waals surface area (Å²) in [4.78, 5) is 0. The summed E-state index contributed by atoms with van der Waals surface area (Å²) >= 11 is 5.37. The summed E-state index contributed by atoms with van der Waals surface area (Å²) in [5.41, 5.74) is 0.281. The Kier molecular flexibility index (Phi) is 7.04. The fourth-order valence-electron chi connectivity index (χ4n) is 2.49. The molecule has 0 spiro atoms. The predicted octanol–water partition coefficient (Wildman–Crippen LogP) is -0.802. The normalized spacial score (nSPS) is 30.5. The molecule has 1 aliphatic carbocycles. The number of hydrogen-bond acceptors (Lipinski definition) is 7. The Labute approximate surface area is 157 Å². The number of hydrogen-bond donors (Lipinski definition) is 6. The van der Waals surface area contributed by atoms with Crippen LogP contribution in [0.4, 0.5) is 5.69 Å². The van der Waals surface area contributed by atoms with Gasteiger partial charge in [-0.3, -0.25) is 0 Å².